The number of aromatic nitrogens is 1. The highest BCUT2D eigenvalue weighted by atomic mass is 19.4. The molecule has 174 valence electrons. The van der Waals surface area contributed by atoms with Crippen LogP contribution in [0.15, 0.2) is 42.6 Å². The molecule has 32 heavy (non-hydrogen) atoms. The molecule has 2 aromatic rings. The summed E-state index contributed by atoms with van der Waals surface area (Å²) in [4.78, 5) is 6.57. The monoisotopic (exact) mass is 448 g/mol. The van der Waals surface area contributed by atoms with Gasteiger partial charge in [-0.25, -0.2) is 4.98 Å². The van der Waals surface area contributed by atoms with Crippen LogP contribution < -0.4 is 15.8 Å². The van der Waals surface area contributed by atoms with Gasteiger partial charge in [-0.05, 0) is 55.9 Å². The smallest absolute Gasteiger partial charge is 0.393 e. The van der Waals surface area contributed by atoms with Crippen molar-refractivity contribution in [3.8, 4) is 17.0 Å². The quantitative estimate of drug-likeness (QED) is 0.715. The van der Waals surface area contributed by atoms with Crippen LogP contribution in [-0.4, -0.2) is 48.5 Å². The van der Waals surface area contributed by atoms with Gasteiger partial charge in [0.05, 0.1) is 18.7 Å². The lowest BCUT2D eigenvalue weighted by Crippen LogP contribution is -2.57. The van der Waals surface area contributed by atoms with Gasteiger partial charge in [-0.2, -0.15) is 13.2 Å². The standard InChI is InChI=1S/C24H31F3N4O/c1-2-32-22-20(4-3-13-29-22)17-5-7-18(8-6-17)23(28)11-14-31(15-12-23)21-10-9-19(16-30-21)24(25,26)27/h3-8,13,19,21,30H,2,9-12,14-16,28H2,1H3. The molecule has 2 aliphatic heterocycles. The van der Waals surface area contributed by atoms with Crippen molar-refractivity contribution in [1.29, 1.82) is 0 Å². The number of rotatable bonds is 5. The lowest BCUT2D eigenvalue weighted by Gasteiger charge is -2.45. The summed E-state index contributed by atoms with van der Waals surface area (Å²) in [6, 6.07) is 12.1. The zero-order chi connectivity index (χ0) is 22.8. The zero-order valence-electron chi connectivity index (χ0n) is 18.4. The van der Waals surface area contributed by atoms with Crippen LogP contribution in [0.3, 0.4) is 0 Å². The Morgan fingerprint density at radius 2 is 1.88 bits per heavy atom. The molecule has 5 nitrogen and oxygen atoms in total. The minimum absolute atomic E-state index is 0.00201. The second-order valence-electron chi connectivity index (χ2n) is 8.80. The minimum Gasteiger partial charge on any atom is -0.478 e. The average Bonchev–Trinajstić information content (AvgIpc) is 2.80. The van der Waals surface area contributed by atoms with E-state index in [9.17, 15) is 13.2 Å². The first kappa shape index (κ1) is 23.0. The van der Waals surface area contributed by atoms with Crippen LogP contribution in [0, 0.1) is 5.92 Å². The van der Waals surface area contributed by atoms with Crippen LogP contribution in [0.5, 0.6) is 5.88 Å². The third kappa shape index (κ3) is 4.92. The van der Waals surface area contributed by atoms with Gasteiger partial charge in [-0.3, -0.25) is 4.90 Å². The fourth-order valence-corrected chi connectivity index (χ4v) is 4.80. The van der Waals surface area contributed by atoms with E-state index < -0.39 is 17.6 Å². The summed E-state index contributed by atoms with van der Waals surface area (Å²) in [5.74, 6) is -0.620. The summed E-state index contributed by atoms with van der Waals surface area (Å²) in [5, 5.41) is 3.10. The molecule has 4 rings (SSSR count). The molecule has 1 aromatic heterocycles. The summed E-state index contributed by atoms with van der Waals surface area (Å²) in [6.07, 6.45) is -0.153. The van der Waals surface area contributed by atoms with Gasteiger partial charge in [0.25, 0.3) is 0 Å². The molecule has 2 saturated heterocycles. The van der Waals surface area contributed by atoms with Crippen LogP contribution in [0.2, 0.25) is 0 Å². The molecular weight excluding hydrogens is 417 g/mol. The number of hydrogen-bond donors (Lipinski definition) is 2. The Morgan fingerprint density at radius 3 is 2.47 bits per heavy atom. The maximum atomic E-state index is 12.9. The van der Waals surface area contributed by atoms with Crippen molar-refractivity contribution in [2.75, 3.05) is 26.2 Å². The van der Waals surface area contributed by atoms with Gasteiger partial charge in [0.15, 0.2) is 0 Å². The molecule has 0 amide bonds. The van der Waals surface area contributed by atoms with Gasteiger partial charge in [0.2, 0.25) is 5.88 Å². The van der Waals surface area contributed by atoms with Crippen LogP contribution in [0.25, 0.3) is 11.1 Å². The van der Waals surface area contributed by atoms with E-state index in [4.69, 9.17) is 10.5 Å². The third-order valence-corrected chi connectivity index (χ3v) is 6.81. The summed E-state index contributed by atoms with van der Waals surface area (Å²) in [7, 11) is 0. The number of ether oxygens (including phenoxy) is 1. The Balaban J connectivity index is 1.38. The summed E-state index contributed by atoms with van der Waals surface area (Å²) in [6.45, 7) is 4.02. The van der Waals surface area contributed by atoms with Gasteiger partial charge in [-0.1, -0.05) is 24.3 Å². The topological polar surface area (TPSA) is 63.4 Å². The SMILES string of the molecule is CCOc1ncccc1-c1ccc(C2(N)CCN(C3CCC(C(F)(F)F)CN3)CC2)cc1. The molecule has 3 heterocycles. The van der Waals surface area contributed by atoms with E-state index in [1.54, 1.807) is 6.20 Å². The van der Waals surface area contributed by atoms with E-state index in [1.165, 1.54) is 0 Å². The molecule has 1 aromatic carbocycles. The molecule has 0 radical (unpaired) electrons. The number of nitrogens with two attached hydrogens (primary N) is 1. The number of nitrogens with one attached hydrogen (secondary N) is 1. The molecule has 3 N–H and O–H groups in total. The Labute approximate surface area is 187 Å². The lowest BCUT2D eigenvalue weighted by molar-refractivity contribution is -0.182. The molecule has 2 fully saturated rings. The van der Waals surface area contributed by atoms with E-state index in [1.807, 2.05) is 19.1 Å². The Kier molecular flexibility index (Phi) is 6.74. The number of likely N-dealkylation sites (tertiary alicyclic amines) is 1. The minimum atomic E-state index is -4.11. The maximum absolute atomic E-state index is 12.9. The first-order valence-electron chi connectivity index (χ1n) is 11.3. The number of alkyl halides is 3. The Hall–Kier alpha value is -2.16. The van der Waals surface area contributed by atoms with Crippen LogP contribution in [0.4, 0.5) is 13.2 Å². The van der Waals surface area contributed by atoms with Gasteiger partial charge in [0.1, 0.15) is 0 Å². The van der Waals surface area contributed by atoms with Gasteiger partial charge < -0.3 is 15.8 Å². The summed E-state index contributed by atoms with van der Waals surface area (Å²) < 4.78 is 44.4. The van der Waals surface area contributed by atoms with Crippen molar-refractivity contribution in [2.24, 2.45) is 11.7 Å². The molecule has 2 unspecified atom stereocenters. The van der Waals surface area contributed by atoms with Crippen molar-refractivity contribution >= 4 is 0 Å². The second kappa shape index (κ2) is 9.37. The van der Waals surface area contributed by atoms with Crippen molar-refractivity contribution < 1.29 is 17.9 Å². The highest BCUT2D eigenvalue weighted by Gasteiger charge is 2.43. The van der Waals surface area contributed by atoms with Gasteiger partial charge in [0, 0.05) is 36.9 Å². The highest BCUT2D eigenvalue weighted by molar-refractivity contribution is 5.68. The van der Waals surface area contributed by atoms with Gasteiger partial charge >= 0.3 is 6.18 Å². The fourth-order valence-electron chi connectivity index (χ4n) is 4.80. The molecule has 2 atom stereocenters. The molecule has 0 saturated carbocycles. The Bertz CT molecular complexity index is 887. The van der Waals surface area contributed by atoms with E-state index in [2.05, 4.69) is 39.5 Å². The molecule has 2 aliphatic rings. The van der Waals surface area contributed by atoms with Crippen molar-refractivity contribution in [1.82, 2.24) is 15.2 Å². The first-order valence-corrected chi connectivity index (χ1v) is 11.3. The molecule has 0 aliphatic carbocycles. The van der Waals surface area contributed by atoms with Crippen molar-refractivity contribution in [3.63, 3.8) is 0 Å². The first-order chi connectivity index (χ1) is 15.3. The third-order valence-electron chi connectivity index (χ3n) is 6.81. The fraction of sp³-hybridized carbons (Fsp3) is 0.542. The number of hydrogen-bond acceptors (Lipinski definition) is 5. The average molecular weight is 449 g/mol. The van der Waals surface area contributed by atoms with E-state index in [0.717, 1.165) is 42.6 Å². The van der Waals surface area contributed by atoms with Crippen LogP contribution in [-0.2, 0) is 5.54 Å². The van der Waals surface area contributed by atoms with Crippen LogP contribution in [0.1, 0.15) is 38.2 Å². The highest BCUT2D eigenvalue weighted by Crippen LogP contribution is 2.36. The molecule has 0 bridgehead atoms. The largest absolute Gasteiger partial charge is 0.478 e. The molecular formula is C24H31F3N4O. The van der Waals surface area contributed by atoms with Gasteiger partial charge in [-0.15, -0.1) is 0 Å². The maximum Gasteiger partial charge on any atom is 0.393 e. The number of nitrogens with zero attached hydrogens (tertiary/aromatic N) is 2. The van der Waals surface area contributed by atoms with E-state index >= 15 is 0 Å². The number of benzene rings is 1. The van der Waals surface area contributed by atoms with Crippen molar-refractivity contribution in [3.05, 3.63) is 48.2 Å². The summed E-state index contributed by atoms with van der Waals surface area (Å²) in [5.41, 5.74) is 9.40. The Morgan fingerprint density at radius 1 is 1.16 bits per heavy atom. The number of piperidine rings is 2. The second-order valence-corrected chi connectivity index (χ2v) is 8.80. The molecule has 8 heteroatoms. The lowest BCUT2D eigenvalue weighted by atomic mass is 9.81. The number of halogens is 3. The molecule has 0 spiro atoms. The summed E-state index contributed by atoms with van der Waals surface area (Å²) >= 11 is 0. The van der Waals surface area contributed by atoms with Crippen molar-refractivity contribution in [2.45, 2.75) is 50.5 Å². The number of pyridine rings is 1. The van der Waals surface area contributed by atoms with E-state index in [-0.39, 0.29) is 19.1 Å². The normalized spacial score (nSPS) is 24.3. The zero-order valence-corrected chi connectivity index (χ0v) is 18.4. The van der Waals surface area contributed by atoms with Crippen LogP contribution >= 0.6 is 0 Å². The van der Waals surface area contributed by atoms with E-state index in [0.29, 0.717) is 18.9 Å². The predicted octanol–water partition coefficient (Wildman–Crippen LogP) is 4.29. The predicted molar refractivity (Wildman–Crippen MR) is 118 cm³/mol.